The first kappa shape index (κ1) is 12.7. The molecule has 1 N–H and O–H groups in total. The van der Waals surface area contributed by atoms with Crippen LogP contribution >= 0.6 is 0 Å². The van der Waals surface area contributed by atoms with E-state index in [-0.39, 0.29) is 0 Å². The average molecular weight is 247 g/mol. The average Bonchev–Trinajstić information content (AvgIpc) is 2.52. The monoisotopic (exact) mass is 247 g/mol. The van der Waals surface area contributed by atoms with Crippen molar-refractivity contribution in [1.82, 2.24) is 4.89 Å². The third-order valence-electron chi connectivity index (χ3n) is 2.15. The van der Waals surface area contributed by atoms with Crippen LogP contribution in [0.2, 0.25) is 0 Å². The summed E-state index contributed by atoms with van der Waals surface area (Å²) in [6.07, 6.45) is -2.01. The van der Waals surface area contributed by atoms with Gasteiger partial charge in [0.2, 0.25) is 10.0 Å². The Balaban J connectivity index is 2.37. The first-order chi connectivity index (χ1) is 6.81. The van der Waals surface area contributed by atoms with Crippen LogP contribution in [0.3, 0.4) is 0 Å². The standard InChI is InChI=1S/C7H12F3NO3S/c8-7(9,10)5-14-11-15(12,13)6-3-1-2-4-6/h6,11H,1-5H2. The summed E-state index contributed by atoms with van der Waals surface area (Å²) in [6, 6.07) is 0. The molecule has 15 heavy (non-hydrogen) atoms. The van der Waals surface area contributed by atoms with Crippen LogP contribution in [0.4, 0.5) is 13.2 Å². The van der Waals surface area contributed by atoms with Crippen molar-refractivity contribution in [3.8, 4) is 0 Å². The van der Waals surface area contributed by atoms with Gasteiger partial charge in [0, 0.05) is 0 Å². The smallest absolute Gasteiger partial charge is 0.278 e. The maximum atomic E-state index is 11.6. The molecule has 0 radical (unpaired) electrons. The number of hydrogen-bond donors (Lipinski definition) is 1. The fourth-order valence-electron chi connectivity index (χ4n) is 1.46. The molecule has 0 aromatic rings. The molecule has 0 unspecified atom stereocenters. The molecule has 1 aliphatic rings. The molecule has 0 heterocycles. The maximum absolute atomic E-state index is 11.6. The Morgan fingerprint density at radius 3 is 2.27 bits per heavy atom. The number of nitrogens with one attached hydrogen (secondary N) is 1. The zero-order valence-electron chi connectivity index (χ0n) is 7.88. The van der Waals surface area contributed by atoms with E-state index < -0.39 is 28.1 Å². The van der Waals surface area contributed by atoms with Crippen LogP contribution in [0.25, 0.3) is 0 Å². The van der Waals surface area contributed by atoms with Gasteiger partial charge in [-0.1, -0.05) is 17.7 Å². The molecular formula is C7H12F3NO3S. The third-order valence-corrected chi connectivity index (χ3v) is 3.85. The van der Waals surface area contributed by atoms with Crippen LogP contribution in [-0.2, 0) is 14.9 Å². The van der Waals surface area contributed by atoms with Gasteiger partial charge in [-0.2, -0.15) is 13.2 Å². The molecule has 0 aliphatic heterocycles. The summed E-state index contributed by atoms with van der Waals surface area (Å²) in [4.78, 5) is 5.42. The molecule has 0 saturated heterocycles. The number of sulfonamides is 1. The van der Waals surface area contributed by atoms with Gasteiger partial charge in [-0.15, -0.1) is 0 Å². The van der Waals surface area contributed by atoms with Gasteiger partial charge >= 0.3 is 6.18 Å². The molecule has 0 amide bonds. The van der Waals surface area contributed by atoms with E-state index in [0.717, 1.165) is 12.8 Å². The fourth-order valence-corrected chi connectivity index (χ4v) is 2.77. The molecule has 0 atom stereocenters. The van der Waals surface area contributed by atoms with E-state index in [1.54, 1.807) is 0 Å². The van der Waals surface area contributed by atoms with E-state index in [1.807, 2.05) is 0 Å². The molecule has 0 spiro atoms. The Labute approximate surface area is 85.8 Å². The molecule has 1 saturated carbocycles. The van der Waals surface area contributed by atoms with Crippen molar-refractivity contribution in [3.05, 3.63) is 0 Å². The van der Waals surface area contributed by atoms with Gasteiger partial charge in [0.15, 0.2) is 6.61 Å². The second-order valence-corrected chi connectivity index (χ2v) is 5.36. The highest BCUT2D eigenvalue weighted by atomic mass is 32.2. The summed E-state index contributed by atoms with van der Waals surface area (Å²) < 4.78 is 57.6. The van der Waals surface area contributed by atoms with Gasteiger partial charge in [0.05, 0.1) is 5.25 Å². The predicted octanol–water partition coefficient (Wildman–Crippen LogP) is 1.34. The minimum Gasteiger partial charge on any atom is -0.278 e. The maximum Gasteiger partial charge on any atom is 0.413 e. The third kappa shape index (κ3) is 4.35. The summed E-state index contributed by atoms with van der Waals surface area (Å²) in [6.45, 7) is -1.61. The molecule has 1 aliphatic carbocycles. The predicted molar refractivity (Wildman–Crippen MR) is 46.3 cm³/mol. The Morgan fingerprint density at radius 2 is 1.80 bits per heavy atom. The van der Waals surface area contributed by atoms with Crippen LogP contribution < -0.4 is 4.89 Å². The van der Waals surface area contributed by atoms with Crippen molar-refractivity contribution in [2.75, 3.05) is 6.61 Å². The lowest BCUT2D eigenvalue weighted by atomic mass is 10.4. The second kappa shape index (κ2) is 4.67. The van der Waals surface area contributed by atoms with Crippen molar-refractivity contribution >= 4 is 10.0 Å². The molecule has 0 bridgehead atoms. The van der Waals surface area contributed by atoms with Gasteiger partial charge in [-0.25, -0.2) is 8.42 Å². The Morgan fingerprint density at radius 1 is 1.27 bits per heavy atom. The van der Waals surface area contributed by atoms with Gasteiger partial charge in [0.1, 0.15) is 0 Å². The number of rotatable bonds is 4. The zero-order chi connectivity index (χ0) is 11.5. The van der Waals surface area contributed by atoms with Crippen LogP contribution in [-0.4, -0.2) is 26.5 Å². The van der Waals surface area contributed by atoms with Crippen LogP contribution in [0.15, 0.2) is 0 Å². The lowest BCUT2D eigenvalue weighted by molar-refractivity contribution is -0.181. The molecule has 0 aromatic carbocycles. The molecular weight excluding hydrogens is 235 g/mol. The van der Waals surface area contributed by atoms with E-state index >= 15 is 0 Å². The van der Waals surface area contributed by atoms with Crippen molar-refractivity contribution in [2.24, 2.45) is 0 Å². The fraction of sp³-hybridized carbons (Fsp3) is 1.00. The van der Waals surface area contributed by atoms with Crippen LogP contribution in [0.5, 0.6) is 0 Å². The topological polar surface area (TPSA) is 55.4 Å². The highest BCUT2D eigenvalue weighted by Gasteiger charge is 2.32. The molecule has 0 aromatic heterocycles. The lowest BCUT2D eigenvalue weighted by Crippen LogP contribution is -2.35. The quantitative estimate of drug-likeness (QED) is 0.763. The van der Waals surface area contributed by atoms with E-state index in [2.05, 4.69) is 4.84 Å². The Kier molecular flexibility index (Phi) is 3.96. The first-order valence-corrected chi connectivity index (χ1v) is 6.05. The summed E-state index contributed by atoms with van der Waals surface area (Å²) in [5.74, 6) is 0. The summed E-state index contributed by atoms with van der Waals surface area (Å²) in [5, 5.41) is -0.620. The molecule has 1 rings (SSSR count). The zero-order valence-corrected chi connectivity index (χ0v) is 8.70. The van der Waals surface area contributed by atoms with Crippen LogP contribution in [0, 0.1) is 0 Å². The minimum atomic E-state index is -4.53. The molecule has 8 heteroatoms. The summed E-state index contributed by atoms with van der Waals surface area (Å²) in [7, 11) is -3.75. The SMILES string of the molecule is O=S(=O)(NOCC(F)(F)F)C1CCCC1. The normalized spacial score (nSPS) is 19.7. The summed E-state index contributed by atoms with van der Waals surface area (Å²) in [5.41, 5.74) is 0. The van der Waals surface area contributed by atoms with Gasteiger partial charge in [0.25, 0.3) is 0 Å². The van der Waals surface area contributed by atoms with Gasteiger partial charge < -0.3 is 0 Å². The van der Waals surface area contributed by atoms with Crippen molar-refractivity contribution in [2.45, 2.75) is 37.1 Å². The number of halogens is 3. The first-order valence-electron chi connectivity index (χ1n) is 4.50. The van der Waals surface area contributed by atoms with Gasteiger partial charge in [-0.3, -0.25) is 4.84 Å². The number of hydrogen-bond acceptors (Lipinski definition) is 3. The molecule has 1 fully saturated rings. The lowest BCUT2D eigenvalue weighted by Gasteiger charge is -2.12. The summed E-state index contributed by atoms with van der Waals surface area (Å²) >= 11 is 0. The van der Waals surface area contributed by atoms with E-state index in [9.17, 15) is 21.6 Å². The minimum absolute atomic E-state index is 0.477. The van der Waals surface area contributed by atoms with Crippen molar-refractivity contribution in [3.63, 3.8) is 0 Å². The Hall–Kier alpha value is -0.340. The number of alkyl halides is 3. The largest absolute Gasteiger partial charge is 0.413 e. The van der Waals surface area contributed by atoms with Crippen molar-refractivity contribution < 1.29 is 26.4 Å². The molecule has 4 nitrogen and oxygen atoms in total. The van der Waals surface area contributed by atoms with Crippen LogP contribution in [0.1, 0.15) is 25.7 Å². The van der Waals surface area contributed by atoms with E-state index in [4.69, 9.17) is 0 Å². The Bertz CT molecular complexity index is 295. The van der Waals surface area contributed by atoms with E-state index in [0.29, 0.717) is 12.8 Å². The highest BCUT2D eigenvalue weighted by Crippen LogP contribution is 2.24. The van der Waals surface area contributed by atoms with Gasteiger partial charge in [-0.05, 0) is 12.8 Å². The van der Waals surface area contributed by atoms with Crippen molar-refractivity contribution in [1.29, 1.82) is 0 Å². The highest BCUT2D eigenvalue weighted by molar-refractivity contribution is 7.90. The second-order valence-electron chi connectivity index (χ2n) is 3.44. The molecule has 90 valence electrons. The van der Waals surface area contributed by atoms with E-state index in [1.165, 1.54) is 4.89 Å².